The lowest BCUT2D eigenvalue weighted by Gasteiger charge is -2.38. The number of imidazole rings is 1. The molecule has 24 heavy (non-hydrogen) atoms. The van der Waals surface area contributed by atoms with Crippen LogP contribution in [-0.2, 0) is 6.18 Å². The molecular formula is C16H19F4N3O. The first kappa shape index (κ1) is 17.0. The highest BCUT2D eigenvalue weighted by atomic mass is 19.4. The van der Waals surface area contributed by atoms with E-state index in [2.05, 4.69) is 4.98 Å². The molecule has 0 amide bonds. The van der Waals surface area contributed by atoms with Crippen molar-refractivity contribution in [3.63, 3.8) is 0 Å². The van der Waals surface area contributed by atoms with Gasteiger partial charge in [-0.1, -0.05) is 0 Å². The van der Waals surface area contributed by atoms with E-state index in [-0.39, 0.29) is 11.6 Å². The molecule has 1 saturated heterocycles. The van der Waals surface area contributed by atoms with E-state index in [0.717, 1.165) is 16.7 Å². The zero-order valence-corrected chi connectivity index (χ0v) is 13.5. The number of likely N-dealkylation sites (tertiary alicyclic amines) is 1. The van der Waals surface area contributed by atoms with Gasteiger partial charge < -0.3 is 4.98 Å². The smallest absolute Gasteiger partial charge is 0.312 e. The van der Waals surface area contributed by atoms with Crippen LogP contribution < -0.4 is 5.69 Å². The Labute approximate surface area is 136 Å². The van der Waals surface area contributed by atoms with E-state index in [0.29, 0.717) is 31.5 Å². The summed E-state index contributed by atoms with van der Waals surface area (Å²) in [7, 11) is 0. The molecule has 0 unspecified atom stereocenters. The van der Waals surface area contributed by atoms with Gasteiger partial charge in [0.25, 0.3) is 0 Å². The zero-order valence-electron chi connectivity index (χ0n) is 13.5. The van der Waals surface area contributed by atoms with Crippen molar-refractivity contribution in [2.24, 2.45) is 0 Å². The molecule has 1 fully saturated rings. The van der Waals surface area contributed by atoms with E-state index in [1.165, 1.54) is 6.20 Å². The van der Waals surface area contributed by atoms with E-state index in [4.69, 9.17) is 0 Å². The molecule has 1 atom stereocenters. The van der Waals surface area contributed by atoms with Gasteiger partial charge in [0.05, 0.1) is 11.1 Å². The minimum absolute atomic E-state index is 0.196. The number of nitrogens with one attached hydrogen (secondary N) is 1. The van der Waals surface area contributed by atoms with Crippen LogP contribution in [0.15, 0.2) is 23.3 Å². The number of alkyl halides is 4. The van der Waals surface area contributed by atoms with Gasteiger partial charge in [0.1, 0.15) is 5.67 Å². The molecule has 132 valence electrons. The Kier molecular flexibility index (Phi) is 3.98. The maximum atomic E-state index is 13.9. The molecule has 1 aliphatic rings. The minimum atomic E-state index is -4.56. The molecule has 0 saturated carbocycles. The van der Waals surface area contributed by atoms with Crippen LogP contribution in [0.3, 0.4) is 0 Å². The number of hydrogen-bond acceptors (Lipinski definition) is 2. The molecule has 0 aliphatic carbocycles. The Hall–Kier alpha value is -1.83. The van der Waals surface area contributed by atoms with Gasteiger partial charge >= 0.3 is 11.9 Å². The second kappa shape index (κ2) is 5.61. The van der Waals surface area contributed by atoms with Gasteiger partial charge in [-0.2, -0.15) is 13.2 Å². The largest absolute Gasteiger partial charge is 0.418 e. The number of nitrogens with zero attached hydrogens (tertiary/aromatic N) is 2. The van der Waals surface area contributed by atoms with Crippen molar-refractivity contribution in [3.05, 3.63) is 40.1 Å². The van der Waals surface area contributed by atoms with E-state index >= 15 is 0 Å². The standard InChI is InChI=1S/C16H19F4N3O/c1-10(22-5-3-15(2,17)4-6-22)11-7-12(16(18,19)20)13-8-21-14(24)23(13)9-11/h7-10H,3-6H2,1-2H3,(H,21,24)/t10-/m1/s1. The predicted molar refractivity (Wildman–Crippen MR) is 81.8 cm³/mol. The summed E-state index contributed by atoms with van der Waals surface area (Å²) < 4.78 is 54.9. The fourth-order valence-electron chi connectivity index (χ4n) is 3.19. The number of aromatic nitrogens is 2. The highest BCUT2D eigenvalue weighted by molar-refractivity contribution is 5.56. The molecule has 2 aromatic heterocycles. The van der Waals surface area contributed by atoms with Crippen molar-refractivity contribution < 1.29 is 17.6 Å². The van der Waals surface area contributed by atoms with Crippen LogP contribution in [0.2, 0.25) is 0 Å². The summed E-state index contributed by atoms with van der Waals surface area (Å²) in [5, 5.41) is 0. The lowest BCUT2D eigenvalue weighted by Crippen LogP contribution is -2.41. The number of rotatable bonds is 2. The second-order valence-corrected chi connectivity index (χ2v) is 6.66. The molecule has 0 radical (unpaired) electrons. The molecule has 2 aromatic rings. The Morgan fingerprint density at radius 3 is 2.50 bits per heavy atom. The summed E-state index contributed by atoms with van der Waals surface area (Å²) in [6.07, 6.45) is -1.38. The number of halogens is 4. The Morgan fingerprint density at radius 1 is 1.29 bits per heavy atom. The number of piperidine rings is 1. The van der Waals surface area contributed by atoms with Crippen LogP contribution in [-0.4, -0.2) is 33.0 Å². The predicted octanol–water partition coefficient (Wildman–Crippen LogP) is 3.53. The van der Waals surface area contributed by atoms with E-state index in [1.807, 2.05) is 4.90 Å². The first-order valence-electron chi connectivity index (χ1n) is 7.82. The molecule has 8 heteroatoms. The first-order valence-corrected chi connectivity index (χ1v) is 7.82. The van der Waals surface area contributed by atoms with Crippen molar-refractivity contribution >= 4 is 5.52 Å². The van der Waals surface area contributed by atoms with Gasteiger partial charge in [-0.3, -0.25) is 9.30 Å². The van der Waals surface area contributed by atoms with Gasteiger partial charge in [0.2, 0.25) is 0 Å². The van der Waals surface area contributed by atoms with Gasteiger partial charge in [-0.05, 0) is 38.3 Å². The molecule has 4 nitrogen and oxygen atoms in total. The van der Waals surface area contributed by atoms with Crippen LogP contribution in [0.4, 0.5) is 17.6 Å². The summed E-state index contributed by atoms with van der Waals surface area (Å²) in [5.41, 5.74) is -2.50. The molecular weight excluding hydrogens is 326 g/mol. The quantitative estimate of drug-likeness (QED) is 0.846. The number of hydrogen-bond donors (Lipinski definition) is 1. The third kappa shape index (κ3) is 3.07. The van der Waals surface area contributed by atoms with Crippen LogP contribution >= 0.6 is 0 Å². The summed E-state index contributed by atoms with van der Waals surface area (Å²) in [6, 6.07) is 0.740. The normalized spacial score (nSPS) is 20.4. The monoisotopic (exact) mass is 345 g/mol. The first-order chi connectivity index (χ1) is 11.1. The summed E-state index contributed by atoms with van der Waals surface area (Å²) >= 11 is 0. The molecule has 0 bridgehead atoms. The summed E-state index contributed by atoms with van der Waals surface area (Å²) in [5.74, 6) is 0. The lowest BCUT2D eigenvalue weighted by atomic mass is 9.93. The third-order valence-corrected chi connectivity index (χ3v) is 4.85. The number of H-pyrrole nitrogens is 1. The fraction of sp³-hybridized carbons (Fsp3) is 0.562. The van der Waals surface area contributed by atoms with Crippen molar-refractivity contribution in [1.29, 1.82) is 0 Å². The topological polar surface area (TPSA) is 40.5 Å². The Morgan fingerprint density at radius 2 is 1.92 bits per heavy atom. The van der Waals surface area contributed by atoms with Crippen molar-refractivity contribution in [3.8, 4) is 0 Å². The SMILES string of the molecule is C[C@H](c1cc(C(F)(F)F)c2c[nH]c(=O)n2c1)N1CCC(C)(F)CC1. The molecule has 0 spiro atoms. The lowest BCUT2D eigenvalue weighted by molar-refractivity contribution is -0.136. The van der Waals surface area contributed by atoms with E-state index in [9.17, 15) is 22.4 Å². The highest BCUT2D eigenvalue weighted by Crippen LogP contribution is 2.36. The third-order valence-electron chi connectivity index (χ3n) is 4.85. The molecule has 3 rings (SSSR count). The number of pyridine rings is 1. The van der Waals surface area contributed by atoms with Gasteiger partial charge in [0, 0.05) is 31.5 Å². The zero-order chi connectivity index (χ0) is 17.7. The molecule has 1 N–H and O–H groups in total. The summed E-state index contributed by atoms with van der Waals surface area (Å²) in [6.45, 7) is 4.26. The van der Waals surface area contributed by atoms with Crippen molar-refractivity contribution in [2.45, 2.75) is 44.6 Å². The van der Waals surface area contributed by atoms with Crippen LogP contribution in [0.5, 0.6) is 0 Å². The highest BCUT2D eigenvalue weighted by Gasteiger charge is 2.36. The van der Waals surface area contributed by atoms with E-state index in [1.54, 1.807) is 13.8 Å². The minimum Gasteiger partial charge on any atom is -0.312 e. The Balaban J connectivity index is 2.00. The maximum Gasteiger partial charge on any atom is 0.418 e. The second-order valence-electron chi connectivity index (χ2n) is 6.66. The fourth-order valence-corrected chi connectivity index (χ4v) is 3.19. The number of aromatic amines is 1. The molecule has 1 aliphatic heterocycles. The average molecular weight is 345 g/mol. The van der Waals surface area contributed by atoms with Gasteiger partial charge in [0.15, 0.2) is 0 Å². The van der Waals surface area contributed by atoms with Crippen molar-refractivity contribution in [2.75, 3.05) is 13.1 Å². The van der Waals surface area contributed by atoms with Crippen LogP contribution in [0, 0.1) is 0 Å². The van der Waals surface area contributed by atoms with Gasteiger partial charge in [-0.25, -0.2) is 9.18 Å². The van der Waals surface area contributed by atoms with Gasteiger partial charge in [-0.15, -0.1) is 0 Å². The molecule has 0 aromatic carbocycles. The van der Waals surface area contributed by atoms with Crippen LogP contribution in [0.25, 0.3) is 5.52 Å². The maximum absolute atomic E-state index is 13.9. The van der Waals surface area contributed by atoms with E-state index < -0.39 is 23.1 Å². The average Bonchev–Trinajstić information content (AvgIpc) is 2.86. The van der Waals surface area contributed by atoms with Crippen molar-refractivity contribution in [1.82, 2.24) is 14.3 Å². The number of fused-ring (bicyclic) bond motifs is 1. The Bertz CT molecular complexity index is 796. The molecule has 3 heterocycles. The summed E-state index contributed by atoms with van der Waals surface area (Å²) in [4.78, 5) is 16.0. The van der Waals surface area contributed by atoms with Crippen LogP contribution in [0.1, 0.15) is 43.9 Å².